The van der Waals surface area contributed by atoms with E-state index < -0.39 is 35.6 Å². The molecule has 4 amide bonds. The lowest BCUT2D eigenvalue weighted by atomic mass is 9.96. The number of likely N-dealkylation sites (tertiary alicyclic amines) is 1. The molecule has 6 aromatic rings. The Hall–Kier alpha value is -6.62. The number of hydrogen-bond acceptors (Lipinski definition) is 10. The van der Waals surface area contributed by atoms with Crippen molar-refractivity contribution >= 4 is 68.6 Å². The number of aryl methyl sites for hydroxylation is 3. The van der Waals surface area contributed by atoms with Crippen molar-refractivity contribution < 1.29 is 38.2 Å². The molecule has 364 valence electrons. The van der Waals surface area contributed by atoms with Crippen molar-refractivity contribution in [1.29, 1.82) is 0 Å². The van der Waals surface area contributed by atoms with Crippen molar-refractivity contribution in [3.8, 4) is 16.9 Å². The van der Waals surface area contributed by atoms with Gasteiger partial charge in [-0.2, -0.15) is 5.10 Å². The lowest BCUT2D eigenvalue weighted by Gasteiger charge is -2.40. The van der Waals surface area contributed by atoms with Crippen molar-refractivity contribution in [1.82, 2.24) is 34.4 Å². The number of nitrogens with one attached hydrogen (secondary N) is 1. The van der Waals surface area contributed by atoms with Gasteiger partial charge in [0.2, 0.25) is 11.8 Å². The van der Waals surface area contributed by atoms with E-state index in [0.29, 0.717) is 73.6 Å². The van der Waals surface area contributed by atoms with Crippen LogP contribution in [0.4, 0.5) is 10.1 Å². The van der Waals surface area contributed by atoms with Crippen LogP contribution in [0, 0.1) is 25.6 Å². The Bertz CT molecular complexity index is 3100. The number of ether oxygens (including phenoxy) is 1. The lowest BCUT2D eigenvalue weighted by Crippen LogP contribution is -2.54. The largest absolute Gasteiger partial charge is 0.493 e. The fourth-order valence-electron chi connectivity index (χ4n) is 11.3. The van der Waals surface area contributed by atoms with Gasteiger partial charge in [-0.1, -0.05) is 35.9 Å². The number of benzene rings is 4. The molecular weight excluding hydrogens is 915 g/mol. The van der Waals surface area contributed by atoms with Crippen LogP contribution in [0.2, 0.25) is 5.02 Å². The van der Waals surface area contributed by atoms with Crippen LogP contribution in [0.3, 0.4) is 0 Å². The second-order valence-corrected chi connectivity index (χ2v) is 19.5. The number of piperidine rings is 2. The number of carboxylic acid groups (broad SMARTS) is 1. The zero-order chi connectivity index (χ0) is 49.0. The molecule has 2 N–H and O–H groups in total. The molecule has 17 heteroatoms. The molecule has 2 aromatic heterocycles. The molecule has 10 rings (SSSR count). The Balaban J connectivity index is 0.805. The Kier molecular flexibility index (Phi) is 13.0. The Morgan fingerprint density at radius 3 is 2.34 bits per heavy atom. The van der Waals surface area contributed by atoms with Crippen molar-refractivity contribution in [3.05, 3.63) is 111 Å². The zero-order valence-electron chi connectivity index (χ0n) is 39.6. The van der Waals surface area contributed by atoms with E-state index in [9.17, 15) is 33.5 Å². The molecule has 3 saturated heterocycles. The van der Waals surface area contributed by atoms with Crippen LogP contribution < -0.4 is 15.0 Å². The maximum absolute atomic E-state index is 14.0. The average molecular weight is 972 g/mol. The van der Waals surface area contributed by atoms with E-state index >= 15 is 0 Å². The molecule has 4 aromatic carbocycles. The molecule has 0 aliphatic carbocycles. The van der Waals surface area contributed by atoms with E-state index in [0.717, 1.165) is 100 Å². The molecule has 4 aliphatic heterocycles. The van der Waals surface area contributed by atoms with Gasteiger partial charge in [0, 0.05) is 86.9 Å². The van der Waals surface area contributed by atoms with Crippen LogP contribution in [-0.2, 0) is 29.6 Å². The first-order valence-electron chi connectivity index (χ1n) is 24.2. The number of fused-ring (bicyclic) bond motifs is 3. The highest BCUT2D eigenvalue weighted by Gasteiger charge is 2.46. The minimum absolute atomic E-state index is 0.0695. The quantitative estimate of drug-likeness (QED) is 0.0836. The van der Waals surface area contributed by atoms with E-state index in [4.69, 9.17) is 21.4 Å². The van der Waals surface area contributed by atoms with Gasteiger partial charge in [-0.25, -0.2) is 9.18 Å². The SMILES string of the molecule is Cc1nn(C)c(C)c1-c1c(Cl)ccc2c(CCCOc3cccc4cc(F)ccc34)c(C(=O)O)n(CCN3CCC(CN4CCN(c5cccc6c5C(=O)N(C5CCC(=O)NC5=O)C6=O)CC4)CC3)c12. The predicted octanol–water partition coefficient (Wildman–Crippen LogP) is 7.25. The number of anilines is 1. The number of aromatic nitrogens is 3. The van der Waals surface area contributed by atoms with E-state index in [2.05, 4.69) is 20.0 Å². The van der Waals surface area contributed by atoms with Gasteiger partial charge in [0.15, 0.2) is 0 Å². The van der Waals surface area contributed by atoms with Crippen LogP contribution in [-0.4, -0.2) is 129 Å². The summed E-state index contributed by atoms with van der Waals surface area (Å²) < 4.78 is 24.0. The van der Waals surface area contributed by atoms with Crippen LogP contribution in [0.1, 0.15) is 80.3 Å². The van der Waals surface area contributed by atoms with Crippen molar-refractivity contribution in [2.75, 3.05) is 63.9 Å². The molecule has 0 bridgehead atoms. The van der Waals surface area contributed by atoms with Crippen molar-refractivity contribution in [2.45, 2.75) is 65.0 Å². The minimum atomic E-state index is -1.01. The van der Waals surface area contributed by atoms with E-state index in [-0.39, 0.29) is 29.9 Å². The molecule has 0 saturated carbocycles. The summed E-state index contributed by atoms with van der Waals surface area (Å²) in [4.78, 5) is 73.2. The predicted molar refractivity (Wildman–Crippen MR) is 264 cm³/mol. The van der Waals surface area contributed by atoms with Crippen molar-refractivity contribution in [3.63, 3.8) is 0 Å². The highest BCUT2D eigenvalue weighted by atomic mass is 35.5. The fourth-order valence-corrected chi connectivity index (χ4v) is 11.5. The average Bonchev–Trinajstić information content (AvgIpc) is 3.90. The van der Waals surface area contributed by atoms with Gasteiger partial charge in [-0.15, -0.1) is 0 Å². The Labute approximate surface area is 409 Å². The van der Waals surface area contributed by atoms with Gasteiger partial charge >= 0.3 is 5.97 Å². The molecular formula is C53H56ClFN8O7. The van der Waals surface area contributed by atoms with E-state index in [1.54, 1.807) is 18.2 Å². The van der Waals surface area contributed by atoms with Crippen LogP contribution in [0.25, 0.3) is 32.8 Å². The van der Waals surface area contributed by atoms with Crippen LogP contribution in [0.15, 0.2) is 66.7 Å². The first-order valence-corrected chi connectivity index (χ1v) is 24.6. The van der Waals surface area contributed by atoms with Gasteiger partial charge < -0.3 is 24.2 Å². The van der Waals surface area contributed by atoms with Gasteiger partial charge in [0.1, 0.15) is 23.3 Å². The summed E-state index contributed by atoms with van der Waals surface area (Å²) in [6, 6.07) is 18.2. The normalized spacial score (nSPS) is 18.4. The smallest absolute Gasteiger partial charge is 0.352 e. The monoisotopic (exact) mass is 970 g/mol. The second-order valence-electron chi connectivity index (χ2n) is 19.1. The number of carbonyl (C=O) groups is 5. The van der Waals surface area contributed by atoms with E-state index in [1.165, 1.54) is 12.1 Å². The van der Waals surface area contributed by atoms with E-state index in [1.807, 2.05) is 66.5 Å². The molecule has 1 unspecified atom stereocenters. The highest BCUT2D eigenvalue weighted by molar-refractivity contribution is 6.35. The third-order valence-electron chi connectivity index (χ3n) is 14.9. The number of hydrogen-bond donors (Lipinski definition) is 2. The number of carboxylic acids is 1. The standard InChI is InChI=1S/C53H56ClFN8O7/c1-31-45(32(2)58(3)57-31)47-40(54)15-14-38-37(9-6-28-70-43-11-4-7-34-29-35(55)12-13-36(34)43)49(53(68)69)62(48(38)47)27-24-59-20-18-33(19-21-59)30-60-22-25-61(26-23-60)41-10-5-8-39-46(41)52(67)63(51(39)66)42-16-17-44(64)56-50(42)65/h4-5,7-8,10-15,29,33,42H,6,9,16-28,30H2,1-3H3,(H,68,69)(H,56,64,65). The van der Waals surface area contributed by atoms with Crippen LogP contribution >= 0.6 is 11.6 Å². The minimum Gasteiger partial charge on any atom is -0.493 e. The first-order chi connectivity index (χ1) is 33.8. The van der Waals surface area contributed by atoms with Crippen LogP contribution in [0.5, 0.6) is 5.75 Å². The summed E-state index contributed by atoms with van der Waals surface area (Å²) in [6.45, 7) is 11.0. The van der Waals surface area contributed by atoms with Gasteiger partial charge in [0.05, 0.1) is 39.7 Å². The lowest BCUT2D eigenvalue weighted by molar-refractivity contribution is -0.136. The number of halogens is 2. The molecule has 0 radical (unpaired) electrons. The number of nitrogens with zero attached hydrogens (tertiary/aromatic N) is 7. The molecule has 0 spiro atoms. The number of rotatable bonds is 14. The molecule has 1 atom stereocenters. The fraction of sp³-hybridized carbons (Fsp3) is 0.396. The topological polar surface area (TPSA) is 163 Å². The summed E-state index contributed by atoms with van der Waals surface area (Å²) in [6.07, 6.45) is 3.17. The summed E-state index contributed by atoms with van der Waals surface area (Å²) in [5.74, 6) is -2.22. The number of piperazine rings is 1. The molecule has 4 aliphatic rings. The number of aromatic carboxylic acids is 1. The summed E-state index contributed by atoms with van der Waals surface area (Å²) in [5, 5.41) is 20.9. The maximum atomic E-state index is 14.0. The molecule has 70 heavy (non-hydrogen) atoms. The van der Waals surface area contributed by atoms with Gasteiger partial charge in [0.25, 0.3) is 11.8 Å². The highest BCUT2D eigenvalue weighted by Crippen LogP contribution is 2.43. The summed E-state index contributed by atoms with van der Waals surface area (Å²) in [5.41, 5.74) is 6.47. The second kappa shape index (κ2) is 19.3. The Morgan fingerprint density at radius 2 is 1.61 bits per heavy atom. The third kappa shape index (κ3) is 8.70. The zero-order valence-corrected chi connectivity index (χ0v) is 40.4. The van der Waals surface area contributed by atoms with Gasteiger partial charge in [-0.05, 0) is 118 Å². The maximum Gasteiger partial charge on any atom is 0.352 e. The third-order valence-corrected chi connectivity index (χ3v) is 15.2. The van der Waals surface area contributed by atoms with Crippen molar-refractivity contribution in [2.24, 2.45) is 13.0 Å². The molecule has 3 fully saturated rings. The summed E-state index contributed by atoms with van der Waals surface area (Å²) >= 11 is 7.11. The number of carbonyl (C=O) groups excluding carboxylic acids is 4. The number of imide groups is 2. The van der Waals surface area contributed by atoms with Gasteiger partial charge in [-0.3, -0.25) is 39.0 Å². The molecule has 6 heterocycles. The summed E-state index contributed by atoms with van der Waals surface area (Å²) in [7, 11) is 1.90. The molecule has 15 nitrogen and oxygen atoms in total. The number of amides is 4. The Morgan fingerprint density at radius 1 is 0.857 bits per heavy atom. The first kappa shape index (κ1) is 47.1.